The summed E-state index contributed by atoms with van der Waals surface area (Å²) in [5.74, 6) is 0. The largest absolute Gasteiger partial charge is 0.396 e. The summed E-state index contributed by atoms with van der Waals surface area (Å²) in [5, 5.41) is 8.39. The van der Waals surface area contributed by atoms with Gasteiger partial charge in [0.05, 0.1) is 6.10 Å². The molecule has 1 N–H and O–H groups in total. The first-order valence-electron chi connectivity index (χ1n) is 2.99. The van der Waals surface area contributed by atoms with E-state index < -0.39 is 0 Å². The lowest BCUT2D eigenvalue weighted by Gasteiger charge is -2.03. The number of rotatable bonds is 2. The van der Waals surface area contributed by atoms with Crippen LogP contribution in [-0.2, 0) is 4.74 Å². The summed E-state index contributed by atoms with van der Waals surface area (Å²) in [7, 11) is 0. The summed E-state index contributed by atoms with van der Waals surface area (Å²) in [6.07, 6.45) is 4.26. The summed E-state index contributed by atoms with van der Waals surface area (Å²) in [5.41, 5.74) is 0. The second-order valence-corrected chi connectivity index (χ2v) is 1.97. The monoisotopic (exact) mass is 115 g/mol. The molecule has 0 aromatic carbocycles. The maximum absolute atomic E-state index is 8.39. The van der Waals surface area contributed by atoms with Crippen LogP contribution in [0.5, 0.6) is 0 Å². The van der Waals surface area contributed by atoms with Crippen molar-refractivity contribution < 1.29 is 9.84 Å². The number of aliphatic hydroxyl groups is 1. The fraction of sp³-hybridized carbons (Fsp3) is 0.833. The van der Waals surface area contributed by atoms with Crippen LogP contribution in [0.1, 0.15) is 12.8 Å². The van der Waals surface area contributed by atoms with Crippen molar-refractivity contribution in [3.8, 4) is 0 Å². The smallest absolute Gasteiger partial charge is 0.0630 e. The zero-order valence-corrected chi connectivity index (χ0v) is 4.84. The minimum Gasteiger partial charge on any atom is -0.396 e. The Bertz CT molecular complexity index is 57.5. The van der Waals surface area contributed by atoms with Gasteiger partial charge in [0, 0.05) is 19.6 Å². The Labute approximate surface area is 49.5 Å². The van der Waals surface area contributed by atoms with Gasteiger partial charge in [0.25, 0.3) is 0 Å². The molecule has 2 nitrogen and oxygen atoms in total. The highest BCUT2D eigenvalue weighted by Crippen LogP contribution is 2.13. The maximum atomic E-state index is 8.39. The molecule has 1 aliphatic rings. The van der Waals surface area contributed by atoms with Crippen molar-refractivity contribution in [2.45, 2.75) is 18.9 Å². The molecule has 1 aliphatic heterocycles. The molecule has 1 saturated heterocycles. The average Bonchev–Trinajstić information content (AvgIpc) is 2.19. The van der Waals surface area contributed by atoms with Gasteiger partial charge in [-0.05, 0) is 12.8 Å². The third kappa shape index (κ3) is 1.46. The molecule has 47 valence electrons. The second-order valence-electron chi connectivity index (χ2n) is 1.97. The van der Waals surface area contributed by atoms with Crippen LogP contribution in [0.2, 0.25) is 0 Å². The molecule has 1 unspecified atom stereocenters. The highest BCUT2D eigenvalue weighted by atomic mass is 16.5. The molecule has 1 heterocycles. The van der Waals surface area contributed by atoms with Gasteiger partial charge in [0.1, 0.15) is 0 Å². The summed E-state index contributed by atoms with van der Waals surface area (Å²) in [6, 6.07) is 0. The maximum Gasteiger partial charge on any atom is 0.0630 e. The molecule has 0 aromatic heterocycles. The van der Waals surface area contributed by atoms with Gasteiger partial charge in [-0.25, -0.2) is 0 Å². The Morgan fingerprint density at radius 1 is 1.75 bits per heavy atom. The molecule has 1 fully saturated rings. The molecule has 0 saturated carbocycles. The SMILES string of the molecule is OC[CH]C1CCCO1. The van der Waals surface area contributed by atoms with Crippen molar-refractivity contribution in [2.24, 2.45) is 0 Å². The van der Waals surface area contributed by atoms with Crippen LogP contribution in [-0.4, -0.2) is 24.4 Å². The van der Waals surface area contributed by atoms with Crippen molar-refractivity contribution in [3.63, 3.8) is 0 Å². The van der Waals surface area contributed by atoms with Crippen molar-refractivity contribution in [2.75, 3.05) is 13.2 Å². The van der Waals surface area contributed by atoms with E-state index >= 15 is 0 Å². The van der Waals surface area contributed by atoms with Gasteiger partial charge < -0.3 is 9.84 Å². The first kappa shape index (κ1) is 6.05. The van der Waals surface area contributed by atoms with E-state index in [4.69, 9.17) is 9.84 Å². The topological polar surface area (TPSA) is 29.5 Å². The highest BCUT2D eigenvalue weighted by Gasteiger charge is 2.13. The van der Waals surface area contributed by atoms with E-state index in [1.54, 1.807) is 6.42 Å². The lowest BCUT2D eigenvalue weighted by Crippen LogP contribution is -2.07. The van der Waals surface area contributed by atoms with Crippen LogP contribution >= 0.6 is 0 Å². The highest BCUT2D eigenvalue weighted by molar-refractivity contribution is 4.79. The van der Waals surface area contributed by atoms with E-state index in [0.29, 0.717) is 0 Å². The van der Waals surface area contributed by atoms with Gasteiger partial charge in [-0.2, -0.15) is 0 Å². The molecule has 0 bridgehead atoms. The van der Waals surface area contributed by atoms with Gasteiger partial charge >= 0.3 is 0 Å². The first-order chi connectivity index (χ1) is 3.93. The molecule has 1 atom stereocenters. The van der Waals surface area contributed by atoms with Gasteiger partial charge in [-0.15, -0.1) is 0 Å². The van der Waals surface area contributed by atoms with Crippen LogP contribution in [0.4, 0.5) is 0 Å². The van der Waals surface area contributed by atoms with E-state index in [0.717, 1.165) is 19.4 Å². The molecule has 1 rings (SSSR count). The number of aliphatic hydroxyl groups excluding tert-OH is 1. The molecule has 0 spiro atoms. The number of hydrogen-bond donors (Lipinski definition) is 1. The molecular weight excluding hydrogens is 104 g/mol. The fourth-order valence-corrected chi connectivity index (χ4v) is 0.906. The molecule has 0 aliphatic carbocycles. The molecular formula is C6H11O2. The third-order valence-electron chi connectivity index (χ3n) is 1.33. The molecule has 2 heteroatoms. The normalized spacial score (nSPS) is 28.9. The summed E-state index contributed by atoms with van der Waals surface area (Å²) < 4.78 is 5.18. The Morgan fingerprint density at radius 3 is 3.12 bits per heavy atom. The van der Waals surface area contributed by atoms with Crippen LogP contribution in [0.3, 0.4) is 0 Å². The van der Waals surface area contributed by atoms with E-state index in [1.807, 2.05) is 0 Å². The van der Waals surface area contributed by atoms with Crippen LogP contribution in [0, 0.1) is 6.42 Å². The summed E-state index contributed by atoms with van der Waals surface area (Å²) in [4.78, 5) is 0. The zero-order chi connectivity index (χ0) is 5.82. The van der Waals surface area contributed by atoms with Crippen molar-refractivity contribution in [1.29, 1.82) is 0 Å². The van der Waals surface area contributed by atoms with Crippen molar-refractivity contribution >= 4 is 0 Å². The minimum absolute atomic E-state index is 0.144. The number of hydrogen-bond acceptors (Lipinski definition) is 2. The second kappa shape index (κ2) is 3.05. The Kier molecular flexibility index (Phi) is 2.30. The molecule has 8 heavy (non-hydrogen) atoms. The summed E-state index contributed by atoms with van der Waals surface area (Å²) in [6.45, 7) is 1.01. The van der Waals surface area contributed by atoms with Crippen LogP contribution < -0.4 is 0 Å². The van der Waals surface area contributed by atoms with Crippen LogP contribution in [0.15, 0.2) is 0 Å². The van der Waals surface area contributed by atoms with Crippen molar-refractivity contribution in [3.05, 3.63) is 6.42 Å². The third-order valence-corrected chi connectivity index (χ3v) is 1.33. The molecule has 0 aromatic rings. The minimum atomic E-state index is 0.144. The van der Waals surface area contributed by atoms with E-state index in [-0.39, 0.29) is 12.7 Å². The quantitative estimate of drug-likeness (QED) is 0.563. The van der Waals surface area contributed by atoms with Crippen LogP contribution in [0.25, 0.3) is 0 Å². The molecule has 1 radical (unpaired) electrons. The van der Waals surface area contributed by atoms with Gasteiger partial charge in [-0.1, -0.05) is 0 Å². The predicted octanol–water partition coefficient (Wildman–Crippen LogP) is 0.362. The first-order valence-corrected chi connectivity index (χ1v) is 2.99. The van der Waals surface area contributed by atoms with Gasteiger partial charge in [0.2, 0.25) is 0 Å². The van der Waals surface area contributed by atoms with Gasteiger partial charge in [0.15, 0.2) is 0 Å². The Hall–Kier alpha value is -0.0800. The van der Waals surface area contributed by atoms with E-state index in [9.17, 15) is 0 Å². The molecule has 0 amide bonds. The number of ether oxygens (including phenoxy) is 1. The standard InChI is InChI=1S/C6H11O2/c7-4-3-6-2-1-5-8-6/h3,6-7H,1-2,4-5H2. The fourth-order valence-electron chi connectivity index (χ4n) is 0.906. The zero-order valence-electron chi connectivity index (χ0n) is 4.84. The summed E-state index contributed by atoms with van der Waals surface area (Å²) >= 11 is 0. The van der Waals surface area contributed by atoms with E-state index in [1.165, 1.54) is 0 Å². The average molecular weight is 115 g/mol. The Balaban J connectivity index is 2.06. The predicted molar refractivity (Wildman–Crippen MR) is 30.4 cm³/mol. The Morgan fingerprint density at radius 2 is 2.62 bits per heavy atom. The van der Waals surface area contributed by atoms with Gasteiger partial charge in [-0.3, -0.25) is 0 Å². The van der Waals surface area contributed by atoms with E-state index in [2.05, 4.69) is 0 Å². The van der Waals surface area contributed by atoms with Crippen molar-refractivity contribution in [1.82, 2.24) is 0 Å². The lowest BCUT2D eigenvalue weighted by molar-refractivity contribution is 0.122. The lowest BCUT2D eigenvalue weighted by atomic mass is 10.2.